The molecule has 0 heterocycles. The van der Waals surface area contributed by atoms with Gasteiger partial charge in [0.2, 0.25) is 0 Å². The van der Waals surface area contributed by atoms with Gasteiger partial charge in [-0.25, -0.2) is 0 Å². The van der Waals surface area contributed by atoms with Crippen molar-refractivity contribution in [3.63, 3.8) is 0 Å². The van der Waals surface area contributed by atoms with Gasteiger partial charge in [-0.1, -0.05) is 55.7 Å². The molecule has 0 aromatic heterocycles. The second-order valence-electron chi connectivity index (χ2n) is 7.16. The Hall–Kier alpha value is -2.59. The molecule has 0 amide bonds. The Balaban J connectivity index is 0.000000200. The number of ketones is 1. The molecule has 1 aliphatic rings. The van der Waals surface area contributed by atoms with Crippen LogP contribution in [-0.4, -0.2) is 18.0 Å². The van der Waals surface area contributed by atoms with Gasteiger partial charge < -0.3 is 15.6 Å². The molecule has 0 aliphatic heterocycles. The minimum atomic E-state index is -0.0166. The summed E-state index contributed by atoms with van der Waals surface area (Å²) in [6, 6.07) is 13.7. The normalized spacial score (nSPS) is 14.4. The van der Waals surface area contributed by atoms with Crippen molar-refractivity contribution in [1.29, 1.82) is 0 Å². The van der Waals surface area contributed by atoms with E-state index in [1.54, 1.807) is 18.2 Å². The summed E-state index contributed by atoms with van der Waals surface area (Å²) in [6.07, 6.45) is 10.1. The summed E-state index contributed by atoms with van der Waals surface area (Å²) in [5, 5.41) is 9.30. The van der Waals surface area contributed by atoms with Gasteiger partial charge >= 0.3 is 0 Å². The Bertz CT molecular complexity index is 792. The average Bonchev–Trinajstić information content (AvgIpc) is 2.74. The lowest BCUT2D eigenvalue weighted by Gasteiger charge is -2.22. The van der Waals surface area contributed by atoms with Crippen LogP contribution in [-0.2, 0) is 11.3 Å². The van der Waals surface area contributed by atoms with Gasteiger partial charge in [0.25, 0.3) is 0 Å². The van der Waals surface area contributed by atoms with Crippen LogP contribution >= 0.6 is 0 Å². The van der Waals surface area contributed by atoms with Gasteiger partial charge in [-0.2, -0.15) is 0 Å². The molecular weight excluding hydrogens is 350 g/mol. The first kappa shape index (κ1) is 21.7. The third-order valence-corrected chi connectivity index (χ3v) is 4.98. The minimum absolute atomic E-state index is 0.0166. The van der Waals surface area contributed by atoms with Crippen molar-refractivity contribution in [2.75, 3.05) is 7.11 Å². The van der Waals surface area contributed by atoms with Crippen molar-refractivity contribution in [2.24, 2.45) is 5.73 Å². The smallest absolute Gasteiger partial charge is 0.161 e. The Labute approximate surface area is 168 Å². The van der Waals surface area contributed by atoms with Crippen molar-refractivity contribution < 1.29 is 14.6 Å². The third-order valence-electron chi connectivity index (χ3n) is 4.98. The number of phenols is 1. The SMILES string of the molecule is COc1cc(/C=C/C(C)=O)ccc1O.NCc1cccc(C2CCCCC2)c1. The molecule has 3 N–H and O–H groups in total. The van der Waals surface area contributed by atoms with Gasteiger partial charge in [-0.05, 0) is 60.6 Å². The van der Waals surface area contributed by atoms with E-state index >= 15 is 0 Å². The topological polar surface area (TPSA) is 72.5 Å². The summed E-state index contributed by atoms with van der Waals surface area (Å²) in [5.74, 6) is 1.27. The van der Waals surface area contributed by atoms with Crippen LogP contribution in [0.5, 0.6) is 11.5 Å². The Morgan fingerprint density at radius 1 is 1.18 bits per heavy atom. The van der Waals surface area contributed by atoms with Crippen LogP contribution in [0.4, 0.5) is 0 Å². The summed E-state index contributed by atoms with van der Waals surface area (Å²) in [4.78, 5) is 10.7. The molecule has 4 nitrogen and oxygen atoms in total. The molecule has 0 spiro atoms. The average molecular weight is 382 g/mol. The number of ether oxygens (including phenoxy) is 1. The summed E-state index contributed by atoms with van der Waals surface area (Å²) in [5.41, 5.74) is 9.24. The Morgan fingerprint density at radius 2 is 1.93 bits per heavy atom. The number of hydrogen-bond acceptors (Lipinski definition) is 4. The highest BCUT2D eigenvalue weighted by atomic mass is 16.5. The molecule has 2 aromatic rings. The van der Waals surface area contributed by atoms with E-state index in [9.17, 15) is 9.90 Å². The number of carbonyl (C=O) groups is 1. The standard InChI is InChI=1S/C13H19N.C11H12O3/c14-10-11-5-4-8-13(9-11)12-6-2-1-3-7-12;1-8(12)3-4-9-5-6-10(13)11(7-9)14-2/h4-5,8-9,12H,1-3,6-7,10,14H2;3-7,13H,1-2H3/b;4-3+. The van der Waals surface area contributed by atoms with Crippen LogP contribution in [0, 0.1) is 0 Å². The van der Waals surface area contributed by atoms with Crippen molar-refractivity contribution in [1.82, 2.24) is 0 Å². The predicted octanol–water partition coefficient (Wildman–Crippen LogP) is 5.20. The predicted molar refractivity (Wildman–Crippen MR) is 115 cm³/mol. The van der Waals surface area contributed by atoms with Gasteiger partial charge in [0, 0.05) is 6.54 Å². The number of aromatic hydroxyl groups is 1. The quantitative estimate of drug-likeness (QED) is 0.699. The fourth-order valence-corrected chi connectivity index (χ4v) is 3.42. The van der Waals surface area contributed by atoms with Crippen molar-refractivity contribution in [3.05, 3.63) is 65.2 Å². The number of rotatable bonds is 5. The summed E-state index contributed by atoms with van der Waals surface area (Å²) in [7, 11) is 1.48. The zero-order chi connectivity index (χ0) is 20.4. The number of methoxy groups -OCH3 is 1. The van der Waals surface area contributed by atoms with Gasteiger partial charge in [0.05, 0.1) is 7.11 Å². The largest absolute Gasteiger partial charge is 0.504 e. The molecule has 150 valence electrons. The molecule has 0 atom stereocenters. The number of benzene rings is 2. The zero-order valence-electron chi connectivity index (χ0n) is 16.9. The monoisotopic (exact) mass is 381 g/mol. The molecule has 0 saturated heterocycles. The molecule has 1 aliphatic carbocycles. The van der Waals surface area contributed by atoms with E-state index in [1.807, 2.05) is 0 Å². The highest BCUT2D eigenvalue weighted by molar-refractivity contribution is 5.91. The van der Waals surface area contributed by atoms with Crippen LogP contribution in [0.1, 0.15) is 61.6 Å². The second kappa shape index (κ2) is 11.3. The van der Waals surface area contributed by atoms with Crippen molar-refractivity contribution in [2.45, 2.75) is 51.5 Å². The number of carbonyl (C=O) groups excluding carboxylic acids is 1. The zero-order valence-corrected chi connectivity index (χ0v) is 16.9. The maximum Gasteiger partial charge on any atom is 0.161 e. The summed E-state index contributed by atoms with van der Waals surface area (Å²) in [6.45, 7) is 2.15. The number of hydrogen-bond donors (Lipinski definition) is 2. The lowest BCUT2D eigenvalue weighted by molar-refractivity contribution is -0.112. The van der Waals surface area contributed by atoms with E-state index in [4.69, 9.17) is 10.5 Å². The highest BCUT2D eigenvalue weighted by Gasteiger charge is 2.15. The van der Waals surface area contributed by atoms with E-state index in [0.717, 1.165) is 11.5 Å². The van der Waals surface area contributed by atoms with Crippen LogP contribution < -0.4 is 10.5 Å². The first-order valence-corrected chi connectivity index (χ1v) is 9.88. The van der Waals surface area contributed by atoms with E-state index < -0.39 is 0 Å². The molecule has 0 radical (unpaired) electrons. The maximum atomic E-state index is 10.7. The van der Waals surface area contributed by atoms with Crippen LogP contribution in [0.2, 0.25) is 0 Å². The molecule has 4 heteroatoms. The second-order valence-corrected chi connectivity index (χ2v) is 7.16. The lowest BCUT2D eigenvalue weighted by atomic mass is 9.84. The fourth-order valence-electron chi connectivity index (χ4n) is 3.42. The molecule has 1 fully saturated rings. The Morgan fingerprint density at radius 3 is 2.57 bits per heavy atom. The Kier molecular flexibility index (Phi) is 8.76. The van der Waals surface area contributed by atoms with Crippen molar-refractivity contribution in [3.8, 4) is 11.5 Å². The molecular formula is C24H31NO3. The summed E-state index contributed by atoms with van der Waals surface area (Å²) >= 11 is 0. The van der Waals surface area contributed by atoms with Crippen LogP contribution in [0.3, 0.4) is 0 Å². The first-order valence-electron chi connectivity index (χ1n) is 9.88. The van der Waals surface area contributed by atoms with E-state index in [1.165, 1.54) is 69.4 Å². The molecule has 0 bridgehead atoms. The van der Waals surface area contributed by atoms with Gasteiger partial charge in [-0.3, -0.25) is 4.79 Å². The molecule has 2 aromatic carbocycles. The van der Waals surface area contributed by atoms with Gasteiger partial charge in [-0.15, -0.1) is 0 Å². The molecule has 1 saturated carbocycles. The van der Waals surface area contributed by atoms with E-state index in [0.29, 0.717) is 12.3 Å². The van der Waals surface area contributed by atoms with Gasteiger partial charge in [0.1, 0.15) is 0 Å². The molecule has 28 heavy (non-hydrogen) atoms. The maximum absolute atomic E-state index is 10.7. The minimum Gasteiger partial charge on any atom is -0.504 e. The van der Waals surface area contributed by atoms with Crippen molar-refractivity contribution >= 4 is 11.9 Å². The first-order chi connectivity index (χ1) is 13.5. The molecule has 3 rings (SSSR count). The van der Waals surface area contributed by atoms with Crippen LogP contribution in [0.25, 0.3) is 6.08 Å². The lowest BCUT2D eigenvalue weighted by Crippen LogP contribution is -2.05. The number of nitrogens with two attached hydrogens (primary N) is 1. The van der Waals surface area contributed by atoms with Gasteiger partial charge in [0.15, 0.2) is 17.3 Å². The third kappa shape index (κ3) is 6.86. The highest BCUT2D eigenvalue weighted by Crippen LogP contribution is 2.32. The number of allylic oxidation sites excluding steroid dienone is 1. The fraction of sp³-hybridized carbons (Fsp3) is 0.375. The number of phenolic OH excluding ortho intramolecular Hbond substituents is 1. The summed E-state index contributed by atoms with van der Waals surface area (Å²) < 4.78 is 4.92. The van der Waals surface area contributed by atoms with E-state index in [2.05, 4.69) is 24.3 Å². The van der Waals surface area contributed by atoms with E-state index in [-0.39, 0.29) is 11.5 Å². The van der Waals surface area contributed by atoms with Crippen LogP contribution in [0.15, 0.2) is 48.5 Å². The molecule has 0 unspecified atom stereocenters.